The summed E-state index contributed by atoms with van der Waals surface area (Å²) >= 11 is 3.35. The number of primary amides is 1. The fourth-order valence-electron chi connectivity index (χ4n) is 1.30. The Morgan fingerprint density at radius 2 is 2.25 bits per heavy atom. The molecule has 1 unspecified atom stereocenters. The molecule has 0 aromatic heterocycles. The minimum absolute atomic E-state index is 0.243. The van der Waals surface area contributed by atoms with E-state index in [1.807, 2.05) is 19.1 Å². The van der Waals surface area contributed by atoms with Gasteiger partial charge in [-0.3, -0.25) is 4.79 Å². The van der Waals surface area contributed by atoms with E-state index >= 15 is 0 Å². The average molecular weight is 287 g/mol. The summed E-state index contributed by atoms with van der Waals surface area (Å²) in [4.78, 5) is 10.8. The molecule has 0 saturated heterocycles. The highest BCUT2D eigenvalue weighted by Gasteiger charge is 2.10. The SMILES string of the molecule is Cc1cc(Br)cc(CNC(C)C(N)=O)c1O. The Kier molecular flexibility index (Phi) is 4.32. The molecule has 1 aromatic rings. The fraction of sp³-hybridized carbons (Fsp3) is 0.364. The van der Waals surface area contributed by atoms with Crippen molar-refractivity contribution >= 4 is 21.8 Å². The number of phenolic OH excluding ortho intramolecular Hbond substituents is 1. The van der Waals surface area contributed by atoms with Gasteiger partial charge in [-0.15, -0.1) is 0 Å². The summed E-state index contributed by atoms with van der Waals surface area (Å²) in [5.74, 6) is -0.168. The minimum Gasteiger partial charge on any atom is -0.507 e. The molecule has 0 aliphatic rings. The van der Waals surface area contributed by atoms with E-state index in [2.05, 4.69) is 21.2 Å². The molecule has 16 heavy (non-hydrogen) atoms. The van der Waals surface area contributed by atoms with E-state index in [4.69, 9.17) is 5.73 Å². The molecule has 1 rings (SSSR count). The zero-order valence-electron chi connectivity index (χ0n) is 9.25. The summed E-state index contributed by atoms with van der Waals surface area (Å²) in [6.07, 6.45) is 0. The number of benzene rings is 1. The lowest BCUT2D eigenvalue weighted by Gasteiger charge is -2.12. The van der Waals surface area contributed by atoms with Crippen LogP contribution in [-0.2, 0) is 11.3 Å². The molecule has 4 nitrogen and oxygen atoms in total. The summed E-state index contributed by atoms with van der Waals surface area (Å²) in [5.41, 5.74) is 6.65. The van der Waals surface area contributed by atoms with Crippen molar-refractivity contribution in [3.63, 3.8) is 0 Å². The Hall–Kier alpha value is -1.07. The van der Waals surface area contributed by atoms with Crippen LogP contribution >= 0.6 is 15.9 Å². The van der Waals surface area contributed by atoms with Gasteiger partial charge in [-0.1, -0.05) is 15.9 Å². The van der Waals surface area contributed by atoms with Crippen molar-refractivity contribution in [2.45, 2.75) is 26.4 Å². The Balaban J connectivity index is 2.78. The molecule has 0 bridgehead atoms. The number of amides is 1. The van der Waals surface area contributed by atoms with Crippen LogP contribution < -0.4 is 11.1 Å². The minimum atomic E-state index is -0.418. The number of hydrogen-bond donors (Lipinski definition) is 3. The van der Waals surface area contributed by atoms with Crippen LogP contribution in [0.4, 0.5) is 0 Å². The zero-order chi connectivity index (χ0) is 12.3. The maximum absolute atomic E-state index is 10.8. The van der Waals surface area contributed by atoms with Crippen molar-refractivity contribution in [1.82, 2.24) is 5.32 Å². The van der Waals surface area contributed by atoms with Crippen LogP contribution in [0.2, 0.25) is 0 Å². The topological polar surface area (TPSA) is 75.3 Å². The van der Waals surface area contributed by atoms with E-state index in [1.165, 1.54) is 0 Å². The second kappa shape index (κ2) is 5.32. The van der Waals surface area contributed by atoms with Gasteiger partial charge < -0.3 is 16.2 Å². The summed E-state index contributed by atoms with van der Waals surface area (Å²) < 4.78 is 0.895. The number of hydrogen-bond acceptors (Lipinski definition) is 3. The van der Waals surface area contributed by atoms with Gasteiger partial charge in [-0.2, -0.15) is 0 Å². The molecule has 0 aliphatic heterocycles. The molecule has 88 valence electrons. The van der Waals surface area contributed by atoms with Gasteiger partial charge >= 0.3 is 0 Å². The number of phenols is 1. The quantitative estimate of drug-likeness (QED) is 0.784. The third-order valence-corrected chi connectivity index (χ3v) is 2.83. The number of carbonyl (C=O) groups is 1. The highest BCUT2D eigenvalue weighted by atomic mass is 79.9. The lowest BCUT2D eigenvalue weighted by Crippen LogP contribution is -2.38. The average Bonchev–Trinajstić information content (AvgIpc) is 2.20. The lowest BCUT2D eigenvalue weighted by atomic mass is 10.1. The smallest absolute Gasteiger partial charge is 0.234 e. The summed E-state index contributed by atoms with van der Waals surface area (Å²) in [7, 11) is 0. The van der Waals surface area contributed by atoms with E-state index in [0.29, 0.717) is 6.54 Å². The molecule has 0 radical (unpaired) electrons. The van der Waals surface area contributed by atoms with Crippen molar-refractivity contribution in [1.29, 1.82) is 0 Å². The Labute approximate surface area is 103 Å². The van der Waals surface area contributed by atoms with Crippen LogP contribution in [0.3, 0.4) is 0 Å². The molecule has 0 aliphatic carbocycles. The Bertz CT molecular complexity index is 407. The first kappa shape index (κ1) is 13.0. The molecule has 4 N–H and O–H groups in total. The molecule has 5 heteroatoms. The largest absolute Gasteiger partial charge is 0.507 e. The monoisotopic (exact) mass is 286 g/mol. The third-order valence-electron chi connectivity index (χ3n) is 2.37. The highest BCUT2D eigenvalue weighted by molar-refractivity contribution is 9.10. The molecule has 0 fully saturated rings. The number of halogens is 1. The van der Waals surface area contributed by atoms with Gasteiger partial charge in [0.1, 0.15) is 5.75 Å². The van der Waals surface area contributed by atoms with Crippen LogP contribution in [0.15, 0.2) is 16.6 Å². The summed E-state index contributed by atoms with van der Waals surface area (Å²) in [5, 5.41) is 12.7. The van der Waals surface area contributed by atoms with Crippen molar-refractivity contribution < 1.29 is 9.90 Å². The van der Waals surface area contributed by atoms with Gasteiger partial charge in [0.2, 0.25) is 5.91 Å². The number of aryl methyl sites for hydroxylation is 1. The first-order chi connectivity index (χ1) is 7.41. The number of aromatic hydroxyl groups is 1. The molecular weight excluding hydrogens is 272 g/mol. The van der Waals surface area contributed by atoms with Crippen LogP contribution in [0.25, 0.3) is 0 Å². The van der Waals surface area contributed by atoms with Gasteiger partial charge in [0.15, 0.2) is 0 Å². The standard InChI is InChI=1S/C11H15BrN2O2/c1-6-3-9(12)4-8(10(6)15)5-14-7(2)11(13)16/h3-4,7,14-15H,5H2,1-2H3,(H2,13,16). The van der Waals surface area contributed by atoms with Crippen molar-refractivity contribution in [3.05, 3.63) is 27.7 Å². The number of carbonyl (C=O) groups excluding carboxylic acids is 1. The predicted octanol–water partition coefficient (Wildman–Crippen LogP) is 1.43. The van der Waals surface area contributed by atoms with Crippen molar-refractivity contribution in [2.24, 2.45) is 5.73 Å². The molecular formula is C11H15BrN2O2. The summed E-state index contributed by atoms with van der Waals surface area (Å²) in [6.45, 7) is 3.90. The van der Waals surface area contributed by atoms with E-state index in [9.17, 15) is 9.90 Å². The van der Waals surface area contributed by atoms with Crippen LogP contribution in [0, 0.1) is 6.92 Å². The number of nitrogens with one attached hydrogen (secondary N) is 1. The number of rotatable bonds is 4. The second-order valence-electron chi connectivity index (χ2n) is 3.74. The normalized spacial score (nSPS) is 12.4. The number of nitrogens with two attached hydrogens (primary N) is 1. The lowest BCUT2D eigenvalue weighted by molar-refractivity contribution is -0.119. The fourth-order valence-corrected chi connectivity index (χ4v) is 1.92. The second-order valence-corrected chi connectivity index (χ2v) is 4.65. The molecule has 0 heterocycles. The van der Waals surface area contributed by atoms with E-state index in [-0.39, 0.29) is 5.75 Å². The maximum Gasteiger partial charge on any atom is 0.234 e. The molecule has 0 saturated carbocycles. The molecule has 1 amide bonds. The zero-order valence-corrected chi connectivity index (χ0v) is 10.8. The first-order valence-electron chi connectivity index (χ1n) is 4.92. The highest BCUT2D eigenvalue weighted by Crippen LogP contribution is 2.26. The predicted molar refractivity (Wildman–Crippen MR) is 66.0 cm³/mol. The Morgan fingerprint density at radius 1 is 1.62 bits per heavy atom. The van der Waals surface area contributed by atoms with Gasteiger partial charge in [-0.25, -0.2) is 0 Å². The van der Waals surface area contributed by atoms with E-state index in [1.54, 1.807) is 6.92 Å². The Morgan fingerprint density at radius 3 is 2.81 bits per heavy atom. The molecule has 0 spiro atoms. The molecule has 1 aromatic carbocycles. The van der Waals surface area contributed by atoms with Gasteiger partial charge in [0.25, 0.3) is 0 Å². The van der Waals surface area contributed by atoms with Gasteiger partial charge in [-0.05, 0) is 31.5 Å². The van der Waals surface area contributed by atoms with Gasteiger partial charge in [0, 0.05) is 16.6 Å². The summed E-state index contributed by atoms with van der Waals surface area (Å²) in [6, 6.07) is 3.22. The van der Waals surface area contributed by atoms with Crippen molar-refractivity contribution in [2.75, 3.05) is 0 Å². The van der Waals surface area contributed by atoms with Crippen LogP contribution in [0.5, 0.6) is 5.75 Å². The maximum atomic E-state index is 10.8. The van der Waals surface area contributed by atoms with Crippen molar-refractivity contribution in [3.8, 4) is 5.75 Å². The van der Waals surface area contributed by atoms with Crippen LogP contribution in [0.1, 0.15) is 18.1 Å². The first-order valence-corrected chi connectivity index (χ1v) is 5.71. The van der Waals surface area contributed by atoms with Gasteiger partial charge in [0.05, 0.1) is 6.04 Å². The van der Waals surface area contributed by atoms with Crippen LogP contribution in [-0.4, -0.2) is 17.1 Å². The third kappa shape index (κ3) is 3.21. The molecule has 1 atom stereocenters. The van der Waals surface area contributed by atoms with E-state index < -0.39 is 11.9 Å². The van der Waals surface area contributed by atoms with E-state index in [0.717, 1.165) is 15.6 Å².